The first-order chi connectivity index (χ1) is 11.0. The van der Waals surface area contributed by atoms with Crippen molar-refractivity contribution in [1.29, 1.82) is 0 Å². The second kappa shape index (κ2) is 10.5. The highest BCUT2D eigenvalue weighted by atomic mass is 19.1. The SMILES string of the molecule is COc1cc(CF)c(OCCC(C)CCCC(C)C)cc1CF. The topological polar surface area (TPSA) is 18.5 Å². The van der Waals surface area contributed by atoms with Gasteiger partial charge in [-0.25, -0.2) is 8.78 Å². The van der Waals surface area contributed by atoms with Gasteiger partial charge in [0, 0.05) is 11.1 Å². The molecular formula is C19H30F2O2. The van der Waals surface area contributed by atoms with Crippen LogP contribution in [0.4, 0.5) is 8.78 Å². The van der Waals surface area contributed by atoms with Gasteiger partial charge in [0.25, 0.3) is 0 Å². The zero-order valence-corrected chi connectivity index (χ0v) is 14.8. The molecule has 1 aromatic carbocycles. The van der Waals surface area contributed by atoms with E-state index >= 15 is 0 Å². The quantitative estimate of drug-likeness (QED) is 0.506. The Kier molecular flexibility index (Phi) is 8.97. The molecule has 0 spiro atoms. The van der Waals surface area contributed by atoms with Crippen LogP contribution in [0, 0.1) is 11.8 Å². The van der Waals surface area contributed by atoms with Gasteiger partial charge in [-0.15, -0.1) is 0 Å². The Morgan fingerprint density at radius 1 is 0.913 bits per heavy atom. The average molecular weight is 328 g/mol. The molecule has 0 N–H and O–H groups in total. The minimum atomic E-state index is -0.655. The highest BCUT2D eigenvalue weighted by molar-refractivity contribution is 5.46. The minimum Gasteiger partial charge on any atom is -0.496 e. The number of ether oxygens (including phenoxy) is 2. The first kappa shape index (κ1) is 19.7. The predicted octanol–water partition coefficient (Wildman–Crippen LogP) is 5.87. The second-order valence-electron chi connectivity index (χ2n) is 6.61. The van der Waals surface area contributed by atoms with E-state index in [1.54, 1.807) is 6.07 Å². The van der Waals surface area contributed by atoms with Gasteiger partial charge in [0.1, 0.15) is 24.8 Å². The van der Waals surface area contributed by atoms with E-state index < -0.39 is 13.3 Å². The van der Waals surface area contributed by atoms with Crippen LogP contribution in [0.25, 0.3) is 0 Å². The van der Waals surface area contributed by atoms with Gasteiger partial charge in [0.2, 0.25) is 0 Å². The van der Waals surface area contributed by atoms with Crippen LogP contribution in [0.15, 0.2) is 12.1 Å². The standard InChI is InChI=1S/C19H30F2O2/c1-14(2)6-5-7-15(3)8-9-23-19-11-16(12-20)18(22-4)10-17(19)13-21/h10-11,14-15H,5-9,12-13H2,1-4H3. The number of methoxy groups -OCH3 is 1. The maximum atomic E-state index is 13.1. The van der Waals surface area contributed by atoms with Crippen LogP contribution < -0.4 is 9.47 Å². The maximum absolute atomic E-state index is 13.1. The molecule has 1 aromatic rings. The molecule has 0 saturated carbocycles. The van der Waals surface area contributed by atoms with E-state index in [2.05, 4.69) is 20.8 Å². The van der Waals surface area contributed by atoms with Gasteiger partial charge in [-0.3, -0.25) is 0 Å². The molecule has 0 fully saturated rings. The van der Waals surface area contributed by atoms with E-state index in [1.165, 1.54) is 32.4 Å². The van der Waals surface area contributed by atoms with Gasteiger partial charge < -0.3 is 9.47 Å². The van der Waals surface area contributed by atoms with Crippen LogP contribution in [0.5, 0.6) is 11.5 Å². The number of rotatable bonds is 11. The largest absolute Gasteiger partial charge is 0.496 e. The molecule has 0 aromatic heterocycles. The van der Waals surface area contributed by atoms with E-state index in [1.807, 2.05) is 0 Å². The lowest BCUT2D eigenvalue weighted by Crippen LogP contribution is -2.06. The number of benzene rings is 1. The monoisotopic (exact) mass is 328 g/mol. The summed E-state index contributed by atoms with van der Waals surface area (Å²) in [5.74, 6) is 2.11. The minimum absolute atomic E-state index is 0.370. The van der Waals surface area contributed by atoms with E-state index in [-0.39, 0.29) is 0 Å². The highest BCUT2D eigenvalue weighted by Crippen LogP contribution is 2.30. The fourth-order valence-corrected chi connectivity index (χ4v) is 2.57. The molecule has 1 rings (SSSR count). The van der Waals surface area contributed by atoms with Crippen molar-refractivity contribution in [2.45, 2.75) is 59.8 Å². The van der Waals surface area contributed by atoms with Crippen molar-refractivity contribution in [2.75, 3.05) is 13.7 Å². The summed E-state index contributed by atoms with van der Waals surface area (Å²) in [6, 6.07) is 3.08. The lowest BCUT2D eigenvalue weighted by molar-refractivity contribution is 0.269. The van der Waals surface area contributed by atoms with Crippen molar-refractivity contribution in [3.63, 3.8) is 0 Å². The summed E-state index contributed by atoms with van der Waals surface area (Å²) >= 11 is 0. The van der Waals surface area contributed by atoms with Crippen molar-refractivity contribution in [1.82, 2.24) is 0 Å². The van der Waals surface area contributed by atoms with Gasteiger partial charge in [-0.05, 0) is 30.4 Å². The summed E-state index contributed by atoms with van der Waals surface area (Å²) in [4.78, 5) is 0. The number of alkyl halides is 2. The molecule has 1 atom stereocenters. The molecule has 132 valence electrons. The lowest BCUT2D eigenvalue weighted by atomic mass is 9.98. The molecular weight excluding hydrogens is 298 g/mol. The fourth-order valence-electron chi connectivity index (χ4n) is 2.57. The Hall–Kier alpha value is -1.32. The Balaban J connectivity index is 2.53. The summed E-state index contributed by atoms with van der Waals surface area (Å²) < 4.78 is 36.9. The zero-order valence-electron chi connectivity index (χ0n) is 14.8. The van der Waals surface area contributed by atoms with Gasteiger partial charge in [0.15, 0.2) is 0 Å². The molecule has 1 unspecified atom stereocenters. The van der Waals surface area contributed by atoms with Crippen molar-refractivity contribution in [3.8, 4) is 11.5 Å². The second-order valence-corrected chi connectivity index (χ2v) is 6.61. The van der Waals surface area contributed by atoms with E-state index in [0.717, 1.165) is 12.3 Å². The van der Waals surface area contributed by atoms with Gasteiger partial charge in [-0.2, -0.15) is 0 Å². The first-order valence-corrected chi connectivity index (χ1v) is 8.46. The summed E-state index contributed by atoms with van der Waals surface area (Å²) in [6.45, 7) is 5.89. The third-order valence-electron chi connectivity index (χ3n) is 4.10. The third kappa shape index (κ3) is 6.76. The van der Waals surface area contributed by atoms with Crippen molar-refractivity contribution < 1.29 is 18.3 Å². The van der Waals surface area contributed by atoms with Crippen LogP contribution >= 0.6 is 0 Å². The molecule has 0 aliphatic rings. The molecule has 0 aliphatic carbocycles. The lowest BCUT2D eigenvalue weighted by Gasteiger charge is -2.16. The van der Waals surface area contributed by atoms with E-state index in [9.17, 15) is 8.78 Å². The van der Waals surface area contributed by atoms with Crippen LogP contribution in [0.2, 0.25) is 0 Å². The van der Waals surface area contributed by atoms with Gasteiger partial charge >= 0.3 is 0 Å². The molecule has 4 heteroatoms. The molecule has 23 heavy (non-hydrogen) atoms. The number of hydrogen-bond acceptors (Lipinski definition) is 2. The van der Waals surface area contributed by atoms with Crippen LogP contribution in [-0.4, -0.2) is 13.7 Å². The molecule has 0 radical (unpaired) electrons. The highest BCUT2D eigenvalue weighted by Gasteiger charge is 2.12. The molecule has 0 heterocycles. The van der Waals surface area contributed by atoms with Crippen LogP contribution in [-0.2, 0) is 13.3 Å². The molecule has 0 bridgehead atoms. The van der Waals surface area contributed by atoms with Crippen molar-refractivity contribution in [3.05, 3.63) is 23.3 Å². The number of halogens is 2. The van der Waals surface area contributed by atoms with Crippen LogP contribution in [0.1, 0.15) is 57.6 Å². The van der Waals surface area contributed by atoms with Gasteiger partial charge in [-0.1, -0.05) is 40.0 Å². The number of hydrogen-bond donors (Lipinski definition) is 0. The Morgan fingerprint density at radius 3 is 2.09 bits per heavy atom. The van der Waals surface area contributed by atoms with Gasteiger partial charge in [0.05, 0.1) is 13.7 Å². The zero-order chi connectivity index (χ0) is 17.2. The normalized spacial score (nSPS) is 12.5. The van der Waals surface area contributed by atoms with E-state index in [0.29, 0.717) is 35.2 Å². The Morgan fingerprint density at radius 2 is 1.52 bits per heavy atom. The predicted molar refractivity (Wildman–Crippen MR) is 90.6 cm³/mol. The molecule has 0 aliphatic heterocycles. The summed E-state index contributed by atoms with van der Waals surface area (Å²) in [7, 11) is 1.45. The molecule has 0 amide bonds. The van der Waals surface area contributed by atoms with E-state index in [4.69, 9.17) is 9.47 Å². The average Bonchev–Trinajstić information content (AvgIpc) is 2.53. The summed E-state index contributed by atoms with van der Waals surface area (Å²) in [5, 5.41) is 0. The first-order valence-electron chi connectivity index (χ1n) is 8.46. The fraction of sp³-hybridized carbons (Fsp3) is 0.684. The Bertz CT molecular complexity index is 461. The van der Waals surface area contributed by atoms with Crippen molar-refractivity contribution in [2.24, 2.45) is 11.8 Å². The summed E-state index contributed by atoms with van der Waals surface area (Å²) in [5.41, 5.74) is 0.802. The maximum Gasteiger partial charge on any atom is 0.125 e. The summed E-state index contributed by atoms with van der Waals surface area (Å²) in [6.07, 6.45) is 4.56. The third-order valence-corrected chi connectivity index (χ3v) is 4.10. The molecule has 0 saturated heterocycles. The smallest absolute Gasteiger partial charge is 0.125 e. The molecule has 2 nitrogen and oxygen atoms in total. The van der Waals surface area contributed by atoms with Crippen molar-refractivity contribution >= 4 is 0 Å². The Labute approximate surface area is 139 Å². The van der Waals surface area contributed by atoms with Crippen LogP contribution in [0.3, 0.4) is 0 Å².